The maximum absolute atomic E-state index is 10.5. The fourth-order valence-electron chi connectivity index (χ4n) is 2.69. The molecule has 0 saturated heterocycles. The molecule has 0 spiro atoms. The standard InChI is InChI=1S/C20H24N4O2S/c1-3-26-19-15(8-6-10-22-19)12-23-20(21-2)24-13-16(25)18-11-14-7-4-5-9-17(14)27-18/h4-11,16,25H,3,12-13H2,1-2H3,(H2,21,23,24). The average Bonchev–Trinajstić information content (AvgIpc) is 3.13. The molecule has 0 radical (unpaired) electrons. The van der Waals surface area contributed by atoms with Gasteiger partial charge in [0.2, 0.25) is 5.88 Å². The van der Waals surface area contributed by atoms with Gasteiger partial charge in [-0.3, -0.25) is 4.99 Å². The first-order valence-electron chi connectivity index (χ1n) is 8.89. The van der Waals surface area contributed by atoms with Gasteiger partial charge in [-0.05, 0) is 30.5 Å². The predicted molar refractivity (Wildman–Crippen MR) is 110 cm³/mol. The Kier molecular flexibility index (Phi) is 6.62. The fourth-order valence-corrected chi connectivity index (χ4v) is 3.74. The van der Waals surface area contributed by atoms with E-state index in [1.807, 2.05) is 37.3 Å². The molecule has 1 aromatic carbocycles. The van der Waals surface area contributed by atoms with Gasteiger partial charge < -0.3 is 20.5 Å². The Morgan fingerprint density at radius 2 is 2.11 bits per heavy atom. The zero-order chi connectivity index (χ0) is 19.1. The fraction of sp³-hybridized carbons (Fsp3) is 0.300. The Balaban J connectivity index is 1.56. The number of thiophene rings is 1. The molecule has 27 heavy (non-hydrogen) atoms. The van der Waals surface area contributed by atoms with Gasteiger partial charge in [0.1, 0.15) is 6.10 Å². The second kappa shape index (κ2) is 9.34. The zero-order valence-corrected chi connectivity index (χ0v) is 16.3. The normalized spacial score (nSPS) is 12.8. The highest BCUT2D eigenvalue weighted by Crippen LogP contribution is 2.29. The van der Waals surface area contributed by atoms with Crippen LogP contribution in [-0.2, 0) is 6.54 Å². The molecule has 3 N–H and O–H groups in total. The number of aromatic nitrogens is 1. The van der Waals surface area contributed by atoms with Crippen LogP contribution in [0.5, 0.6) is 5.88 Å². The minimum Gasteiger partial charge on any atom is -0.478 e. The quantitative estimate of drug-likeness (QED) is 0.431. The second-order valence-electron chi connectivity index (χ2n) is 5.91. The largest absolute Gasteiger partial charge is 0.478 e. The Morgan fingerprint density at radius 3 is 2.89 bits per heavy atom. The van der Waals surface area contributed by atoms with E-state index in [0.29, 0.717) is 31.5 Å². The Bertz CT molecular complexity index is 877. The van der Waals surface area contributed by atoms with Crippen LogP contribution < -0.4 is 15.4 Å². The third-order valence-corrected chi connectivity index (χ3v) is 5.25. The lowest BCUT2D eigenvalue weighted by Gasteiger charge is -2.15. The third-order valence-electron chi connectivity index (χ3n) is 4.04. The van der Waals surface area contributed by atoms with E-state index in [4.69, 9.17) is 4.74 Å². The molecule has 0 saturated carbocycles. The number of nitrogens with zero attached hydrogens (tertiary/aromatic N) is 2. The van der Waals surface area contributed by atoms with Crippen molar-refractivity contribution in [1.29, 1.82) is 0 Å². The van der Waals surface area contributed by atoms with Crippen LogP contribution in [0.15, 0.2) is 53.7 Å². The van der Waals surface area contributed by atoms with Crippen molar-refractivity contribution in [3.8, 4) is 5.88 Å². The summed E-state index contributed by atoms with van der Waals surface area (Å²) in [5.41, 5.74) is 0.951. The number of aliphatic hydroxyl groups excluding tert-OH is 1. The molecule has 0 amide bonds. The van der Waals surface area contributed by atoms with E-state index in [1.54, 1.807) is 24.6 Å². The Hall–Kier alpha value is -2.64. The van der Waals surface area contributed by atoms with Crippen LogP contribution in [-0.4, -0.2) is 36.2 Å². The number of guanidine groups is 1. The number of benzene rings is 1. The molecule has 3 rings (SSSR count). The summed E-state index contributed by atoms with van der Waals surface area (Å²) in [5, 5.41) is 18.0. The van der Waals surface area contributed by atoms with E-state index in [9.17, 15) is 5.11 Å². The minimum atomic E-state index is -0.599. The number of rotatable bonds is 7. The van der Waals surface area contributed by atoms with Gasteiger partial charge in [-0.25, -0.2) is 4.98 Å². The summed E-state index contributed by atoms with van der Waals surface area (Å²) in [6, 6.07) is 14.0. The molecule has 1 unspecified atom stereocenters. The molecule has 7 heteroatoms. The smallest absolute Gasteiger partial charge is 0.218 e. The SMILES string of the molecule is CCOc1ncccc1CNC(=NC)NCC(O)c1cc2ccccc2s1. The lowest BCUT2D eigenvalue weighted by Crippen LogP contribution is -2.39. The number of hydrogen-bond donors (Lipinski definition) is 3. The zero-order valence-electron chi connectivity index (χ0n) is 15.5. The Morgan fingerprint density at radius 1 is 1.26 bits per heavy atom. The lowest BCUT2D eigenvalue weighted by atomic mass is 10.2. The van der Waals surface area contributed by atoms with E-state index in [1.165, 1.54) is 4.70 Å². The van der Waals surface area contributed by atoms with Gasteiger partial charge >= 0.3 is 0 Å². The highest BCUT2D eigenvalue weighted by molar-refractivity contribution is 7.19. The van der Waals surface area contributed by atoms with Crippen molar-refractivity contribution in [2.24, 2.45) is 4.99 Å². The van der Waals surface area contributed by atoms with Gasteiger partial charge in [0.05, 0.1) is 6.61 Å². The topological polar surface area (TPSA) is 78.8 Å². The molecule has 3 aromatic rings. The van der Waals surface area contributed by atoms with Crippen molar-refractivity contribution in [1.82, 2.24) is 15.6 Å². The van der Waals surface area contributed by atoms with Crippen LogP contribution in [0, 0.1) is 0 Å². The molecule has 2 aromatic heterocycles. The number of nitrogens with one attached hydrogen (secondary N) is 2. The Labute approximate surface area is 162 Å². The van der Waals surface area contributed by atoms with Gasteiger partial charge in [-0.1, -0.05) is 24.3 Å². The molecule has 0 aliphatic carbocycles. The summed E-state index contributed by atoms with van der Waals surface area (Å²) < 4.78 is 6.71. The summed E-state index contributed by atoms with van der Waals surface area (Å²) in [6.45, 7) is 3.40. The molecule has 2 heterocycles. The van der Waals surface area contributed by atoms with Gasteiger partial charge in [0.15, 0.2) is 5.96 Å². The van der Waals surface area contributed by atoms with Crippen molar-refractivity contribution in [3.05, 3.63) is 59.1 Å². The number of ether oxygens (including phenoxy) is 1. The van der Waals surface area contributed by atoms with Gasteiger partial charge in [0, 0.05) is 41.5 Å². The summed E-state index contributed by atoms with van der Waals surface area (Å²) >= 11 is 1.61. The van der Waals surface area contributed by atoms with E-state index in [0.717, 1.165) is 15.8 Å². The second-order valence-corrected chi connectivity index (χ2v) is 7.03. The number of aliphatic imine (C=N–C) groups is 1. The van der Waals surface area contributed by atoms with Crippen LogP contribution in [0.4, 0.5) is 0 Å². The summed E-state index contributed by atoms with van der Waals surface area (Å²) in [7, 11) is 1.70. The predicted octanol–water partition coefficient (Wildman–Crippen LogP) is 3.09. The van der Waals surface area contributed by atoms with Gasteiger partial charge in [-0.15, -0.1) is 11.3 Å². The number of hydrogen-bond acceptors (Lipinski definition) is 5. The molecule has 6 nitrogen and oxygen atoms in total. The third kappa shape index (κ3) is 4.96. The van der Waals surface area contributed by atoms with Crippen molar-refractivity contribution in [3.63, 3.8) is 0 Å². The van der Waals surface area contributed by atoms with E-state index in [2.05, 4.69) is 32.7 Å². The maximum atomic E-state index is 10.5. The number of fused-ring (bicyclic) bond motifs is 1. The van der Waals surface area contributed by atoms with Crippen LogP contribution in [0.2, 0.25) is 0 Å². The molecule has 142 valence electrons. The number of aliphatic hydroxyl groups is 1. The highest BCUT2D eigenvalue weighted by atomic mass is 32.1. The van der Waals surface area contributed by atoms with Crippen molar-refractivity contribution in [2.75, 3.05) is 20.2 Å². The summed E-state index contributed by atoms with van der Waals surface area (Å²) in [4.78, 5) is 9.39. The molecule has 0 aliphatic heterocycles. The van der Waals surface area contributed by atoms with Crippen LogP contribution >= 0.6 is 11.3 Å². The first-order valence-corrected chi connectivity index (χ1v) is 9.70. The number of pyridine rings is 1. The van der Waals surface area contributed by atoms with E-state index < -0.39 is 6.10 Å². The molecule has 1 atom stereocenters. The molecule has 0 bridgehead atoms. The monoisotopic (exact) mass is 384 g/mol. The molecule has 0 aliphatic rings. The highest BCUT2D eigenvalue weighted by Gasteiger charge is 2.12. The first kappa shape index (κ1) is 19.1. The van der Waals surface area contributed by atoms with Gasteiger partial charge in [0.25, 0.3) is 0 Å². The van der Waals surface area contributed by atoms with Crippen molar-refractivity contribution in [2.45, 2.75) is 19.6 Å². The van der Waals surface area contributed by atoms with Crippen molar-refractivity contribution < 1.29 is 9.84 Å². The summed E-state index contributed by atoms with van der Waals surface area (Å²) in [6.07, 6.45) is 1.11. The lowest BCUT2D eigenvalue weighted by molar-refractivity contribution is 0.184. The summed E-state index contributed by atoms with van der Waals surface area (Å²) in [5.74, 6) is 1.23. The molecule has 0 fully saturated rings. The average molecular weight is 385 g/mol. The van der Waals surface area contributed by atoms with Gasteiger partial charge in [-0.2, -0.15) is 0 Å². The van der Waals surface area contributed by atoms with Crippen LogP contribution in [0.3, 0.4) is 0 Å². The maximum Gasteiger partial charge on any atom is 0.218 e. The van der Waals surface area contributed by atoms with E-state index >= 15 is 0 Å². The van der Waals surface area contributed by atoms with E-state index in [-0.39, 0.29) is 0 Å². The minimum absolute atomic E-state index is 0.373. The first-order chi connectivity index (χ1) is 13.2. The molecular weight excluding hydrogens is 360 g/mol. The van der Waals surface area contributed by atoms with Crippen LogP contribution in [0.1, 0.15) is 23.5 Å². The van der Waals surface area contributed by atoms with Crippen molar-refractivity contribution >= 4 is 27.4 Å². The molecular formula is C20H24N4O2S. The van der Waals surface area contributed by atoms with Crippen LogP contribution in [0.25, 0.3) is 10.1 Å².